The number of thiazole rings is 1. The standard InChI is InChI=1S/C11H18N4S/c1-8-13-7-10(16-8)11(15-12)14-9-5-3-2-4-6-9/h7,9H,2-6,12H2,1H3,(H,14,15). The summed E-state index contributed by atoms with van der Waals surface area (Å²) in [7, 11) is 0. The molecule has 0 amide bonds. The fraction of sp³-hybridized carbons (Fsp3) is 0.636. The largest absolute Gasteiger partial charge is 0.308 e. The average molecular weight is 238 g/mol. The summed E-state index contributed by atoms with van der Waals surface area (Å²) in [5, 5.41) is 1.04. The van der Waals surface area contributed by atoms with Crippen molar-refractivity contribution in [1.82, 2.24) is 10.4 Å². The van der Waals surface area contributed by atoms with Crippen molar-refractivity contribution in [3.63, 3.8) is 0 Å². The number of hydrazine groups is 1. The number of nitrogens with two attached hydrogens (primary N) is 1. The van der Waals surface area contributed by atoms with Gasteiger partial charge < -0.3 is 5.43 Å². The summed E-state index contributed by atoms with van der Waals surface area (Å²) in [6.07, 6.45) is 8.12. The topological polar surface area (TPSA) is 63.3 Å². The Morgan fingerprint density at radius 2 is 2.25 bits per heavy atom. The zero-order chi connectivity index (χ0) is 11.4. The van der Waals surface area contributed by atoms with Crippen molar-refractivity contribution in [1.29, 1.82) is 0 Å². The molecule has 0 unspecified atom stereocenters. The molecule has 0 spiro atoms. The van der Waals surface area contributed by atoms with E-state index in [9.17, 15) is 0 Å². The molecule has 0 atom stereocenters. The van der Waals surface area contributed by atoms with Crippen molar-refractivity contribution >= 4 is 17.2 Å². The SMILES string of the molecule is Cc1ncc(C(=NC2CCCCC2)NN)s1. The molecule has 1 aromatic rings. The number of hydrogen-bond acceptors (Lipinski definition) is 4. The van der Waals surface area contributed by atoms with E-state index in [1.54, 1.807) is 11.3 Å². The van der Waals surface area contributed by atoms with E-state index in [0.717, 1.165) is 15.7 Å². The molecule has 5 heteroatoms. The van der Waals surface area contributed by atoms with E-state index in [1.807, 2.05) is 13.1 Å². The summed E-state index contributed by atoms with van der Waals surface area (Å²) in [6.45, 7) is 1.99. The highest BCUT2D eigenvalue weighted by atomic mass is 32.1. The third-order valence-corrected chi connectivity index (χ3v) is 3.80. The van der Waals surface area contributed by atoms with Crippen molar-refractivity contribution in [2.45, 2.75) is 45.1 Å². The molecule has 88 valence electrons. The molecule has 0 bridgehead atoms. The van der Waals surface area contributed by atoms with E-state index >= 15 is 0 Å². The number of hydrogen-bond donors (Lipinski definition) is 2. The van der Waals surface area contributed by atoms with Crippen LogP contribution in [-0.4, -0.2) is 16.9 Å². The van der Waals surface area contributed by atoms with Gasteiger partial charge in [-0.1, -0.05) is 19.3 Å². The maximum atomic E-state index is 5.53. The van der Waals surface area contributed by atoms with Gasteiger partial charge >= 0.3 is 0 Å². The minimum Gasteiger partial charge on any atom is -0.308 e. The van der Waals surface area contributed by atoms with Gasteiger partial charge in [0.2, 0.25) is 0 Å². The van der Waals surface area contributed by atoms with E-state index in [0.29, 0.717) is 6.04 Å². The Hall–Kier alpha value is -0.940. The van der Waals surface area contributed by atoms with E-state index in [-0.39, 0.29) is 0 Å². The lowest BCUT2D eigenvalue weighted by Crippen LogP contribution is -2.32. The minimum absolute atomic E-state index is 0.433. The molecule has 16 heavy (non-hydrogen) atoms. The van der Waals surface area contributed by atoms with Crippen LogP contribution in [0.25, 0.3) is 0 Å². The second kappa shape index (κ2) is 5.41. The van der Waals surface area contributed by atoms with E-state index in [2.05, 4.69) is 15.4 Å². The van der Waals surface area contributed by atoms with Gasteiger partial charge in [0.25, 0.3) is 0 Å². The molecule has 1 heterocycles. The Kier molecular flexibility index (Phi) is 3.90. The van der Waals surface area contributed by atoms with E-state index in [4.69, 9.17) is 5.84 Å². The van der Waals surface area contributed by atoms with E-state index in [1.165, 1.54) is 32.1 Å². The predicted molar refractivity (Wildman–Crippen MR) is 67.6 cm³/mol. The number of amidine groups is 1. The number of aryl methyl sites for hydroxylation is 1. The van der Waals surface area contributed by atoms with Gasteiger partial charge in [-0.05, 0) is 19.8 Å². The molecule has 2 rings (SSSR count). The number of aliphatic imine (C=N–C) groups is 1. The quantitative estimate of drug-likeness (QED) is 0.358. The highest BCUT2D eigenvalue weighted by Gasteiger charge is 2.14. The smallest absolute Gasteiger partial charge is 0.154 e. The van der Waals surface area contributed by atoms with Crippen molar-refractivity contribution in [2.24, 2.45) is 10.8 Å². The van der Waals surface area contributed by atoms with Gasteiger partial charge in [0.05, 0.1) is 15.9 Å². The molecule has 4 nitrogen and oxygen atoms in total. The summed E-state index contributed by atoms with van der Waals surface area (Å²) in [4.78, 5) is 9.94. The normalized spacial score (nSPS) is 18.8. The van der Waals surface area contributed by atoms with Crippen LogP contribution in [0.2, 0.25) is 0 Å². The van der Waals surface area contributed by atoms with Crippen molar-refractivity contribution in [3.05, 3.63) is 16.1 Å². The van der Waals surface area contributed by atoms with Crippen LogP contribution >= 0.6 is 11.3 Å². The zero-order valence-corrected chi connectivity index (χ0v) is 10.4. The molecule has 1 aromatic heterocycles. The Bertz CT molecular complexity index is 366. The predicted octanol–water partition coefficient (Wildman–Crippen LogP) is 1.99. The fourth-order valence-corrected chi connectivity index (χ4v) is 2.77. The third kappa shape index (κ3) is 2.80. The molecule has 0 aliphatic heterocycles. The van der Waals surface area contributed by atoms with E-state index < -0.39 is 0 Å². The summed E-state index contributed by atoms with van der Waals surface area (Å²) < 4.78 is 0. The Morgan fingerprint density at radius 3 is 2.81 bits per heavy atom. The molecule has 0 radical (unpaired) electrons. The highest BCUT2D eigenvalue weighted by Crippen LogP contribution is 2.21. The first-order chi connectivity index (χ1) is 7.79. The number of nitrogens with one attached hydrogen (secondary N) is 1. The van der Waals surface area contributed by atoms with Crippen LogP contribution in [0.5, 0.6) is 0 Å². The molecule has 1 fully saturated rings. The summed E-state index contributed by atoms with van der Waals surface area (Å²) in [5.41, 5.74) is 2.70. The summed E-state index contributed by atoms with van der Waals surface area (Å²) in [6, 6.07) is 0.433. The second-order valence-electron chi connectivity index (χ2n) is 4.16. The Labute approximate surface area is 100.0 Å². The lowest BCUT2D eigenvalue weighted by molar-refractivity contribution is 0.442. The first kappa shape index (κ1) is 11.5. The lowest BCUT2D eigenvalue weighted by atomic mass is 9.96. The van der Waals surface area contributed by atoms with Crippen molar-refractivity contribution < 1.29 is 0 Å². The molecule has 1 saturated carbocycles. The van der Waals surface area contributed by atoms with Crippen LogP contribution in [-0.2, 0) is 0 Å². The van der Waals surface area contributed by atoms with Crippen molar-refractivity contribution in [3.8, 4) is 0 Å². The van der Waals surface area contributed by atoms with Crippen LogP contribution in [0.4, 0.5) is 0 Å². The maximum absolute atomic E-state index is 5.53. The van der Waals surface area contributed by atoms with Gasteiger partial charge in [-0.15, -0.1) is 11.3 Å². The van der Waals surface area contributed by atoms with Crippen LogP contribution in [0.15, 0.2) is 11.2 Å². The second-order valence-corrected chi connectivity index (χ2v) is 5.39. The van der Waals surface area contributed by atoms with Gasteiger partial charge in [0.15, 0.2) is 5.84 Å². The summed E-state index contributed by atoms with van der Waals surface area (Å²) >= 11 is 1.62. The van der Waals surface area contributed by atoms with Gasteiger partial charge in [-0.2, -0.15) is 0 Å². The van der Waals surface area contributed by atoms with Crippen molar-refractivity contribution in [2.75, 3.05) is 0 Å². The fourth-order valence-electron chi connectivity index (χ4n) is 2.04. The molecular formula is C11H18N4S. The van der Waals surface area contributed by atoms with Gasteiger partial charge in [-0.3, -0.25) is 4.99 Å². The number of nitrogens with zero attached hydrogens (tertiary/aromatic N) is 2. The first-order valence-electron chi connectivity index (χ1n) is 5.77. The van der Waals surface area contributed by atoms with Gasteiger partial charge in [0, 0.05) is 6.20 Å². The minimum atomic E-state index is 0.433. The average Bonchev–Trinajstić information content (AvgIpc) is 2.74. The zero-order valence-electron chi connectivity index (χ0n) is 9.57. The number of aromatic nitrogens is 1. The Morgan fingerprint density at radius 1 is 1.50 bits per heavy atom. The third-order valence-electron chi connectivity index (χ3n) is 2.88. The van der Waals surface area contributed by atoms with Crippen LogP contribution < -0.4 is 11.3 Å². The molecule has 1 aliphatic rings. The molecule has 0 aromatic carbocycles. The van der Waals surface area contributed by atoms with Crippen LogP contribution in [0.1, 0.15) is 42.0 Å². The molecule has 1 aliphatic carbocycles. The lowest BCUT2D eigenvalue weighted by Gasteiger charge is -2.18. The van der Waals surface area contributed by atoms with Crippen LogP contribution in [0, 0.1) is 6.92 Å². The monoisotopic (exact) mass is 238 g/mol. The molecule has 0 saturated heterocycles. The molecular weight excluding hydrogens is 220 g/mol. The van der Waals surface area contributed by atoms with Gasteiger partial charge in [0.1, 0.15) is 0 Å². The number of rotatable bonds is 2. The van der Waals surface area contributed by atoms with Crippen LogP contribution in [0.3, 0.4) is 0 Å². The Balaban J connectivity index is 2.11. The maximum Gasteiger partial charge on any atom is 0.154 e. The first-order valence-corrected chi connectivity index (χ1v) is 6.58. The van der Waals surface area contributed by atoms with Gasteiger partial charge in [-0.25, -0.2) is 10.8 Å². The summed E-state index contributed by atoms with van der Waals surface area (Å²) in [5.74, 6) is 6.32. The molecule has 3 N–H and O–H groups in total. The highest BCUT2D eigenvalue weighted by molar-refractivity contribution is 7.13.